The molecular weight excluding hydrogens is 395 g/mol. The Balaban J connectivity index is 1.69. The number of alkyl halides is 3. The third kappa shape index (κ3) is 4.59. The highest BCUT2D eigenvalue weighted by atomic mass is 32.2. The molecule has 0 atom stereocenters. The summed E-state index contributed by atoms with van der Waals surface area (Å²) < 4.78 is 72.8. The number of sulfonamides is 1. The van der Waals surface area contributed by atoms with Crippen LogP contribution in [0.4, 0.5) is 13.2 Å². The van der Waals surface area contributed by atoms with Crippen molar-refractivity contribution in [3.8, 4) is 11.5 Å². The molecule has 0 radical (unpaired) electrons. The van der Waals surface area contributed by atoms with E-state index in [1.54, 1.807) is 7.11 Å². The van der Waals surface area contributed by atoms with E-state index in [2.05, 4.69) is 4.74 Å². The van der Waals surface area contributed by atoms with Crippen LogP contribution in [0.1, 0.15) is 24.3 Å². The molecule has 5 nitrogen and oxygen atoms in total. The number of piperidine rings is 1. The van der Waals surface area contributed by atoms with E-state index in [1.807, 2.05) is 24.3 Å². The smallest absolute Gasteiger partial charge is 0.496 e. The van der Waals surface area contributed by atoms with Gasteiger partial charge in [0.25, 0.3) is 0 Å². The van der Waals surface area contributed by atoms with Gasteiger partial charge >= 0.3 is 6.36 Å². The van der Waals surface area contributed by atoms with Crippen LogP contribution < -0.4 is 9.47 Å². The number of hydrogen-bond donors (Lipinski definition) is 0. The monoisotopic (exact) mass is 415 g/mol. The van der Waals surface area contributed by atoms with Crippen LogP contribution in [0.3, 0.4) is 0 Å². The topological polar surface area (TPSA) is 55.8 Å². The molecule has 1 saturated heterocycles. The summed E-state index contributed by atoms with van der Waals surface area (Å²) in [6, 6.07) is 11.9. The number of nitrogens with zero attached hydrogens (tertiary/aromatic N) is 1. The maximum atomic E-state index is 12.8. The molecule has 9 heteroatoms. The second-order valence-corrected chi connectivity index (χ2v) is 8.38. The molecule has 0 unspecified atom stereocenters. The predicted octanol–water partition coefficient (Wildman–Crippen LogP) is 4.16. The number of benzene rings is 2. The summed E-state index contributed by atoms with van der Waals surface area (Å²) in [5.74, 6) is 0.510. The van der Waals surface area contributed by atoms with Crippen LogP contribution >= 0.6 is 0 Å². The molecule has 2 aromatic carbocycles. The first-order chi connectivity index (χ1) is 13.2. The quantitative estimate of drug-likeness (QED) is 0.736. The van der Waals surface area contributed by atoms with E-state index in [9.17, 15) is 21.6 Å². The minimum absolute atomic E-state index is 0.0576. The summed E-state index contributed by atoms with van der Waals surface area (Å²) in [5.41, 5.74) is 1.05. The lowest BCUT2D eigenvalue weighted by atomic mass is 9.89. The minimum atomic E-state index is -4.82. The van der Waals surface area contributed by atoms with Gasteiger partial charge in [0.1, 0.15) is 11.5 Å². The maximum absolute atomic E-state index is 12.8. The molecule has 1 fully saturated rings. The zero-order valence-electron chi connectivity index (χ0n) is 15.1. The van der Waals surface area contributed by atoms with Gasteiger partial charge < -0.3 is 9.47 Å². The lowest BCUT2D eigenvalue weighted by Crippen LogP contribution is -2.37. The fraction of sp³-hybridized carbons (Fsp3) is 0.368. The molecule has 0 bridgehead atoms. The van der Waals surface area contributed by atoms with Gasteiger partial charge in [-0.25, -0.2) is 8.42 Å². The molecule has 3 rings (SSSR count). The second kappa shape index (κ2) is 8.00. The molecule has 0 saturated carbocycles. The highest BCUT2D eigenvalue weighted by Gasteiger charge is 2.33. The Morgan fingerprint density at radius 1 is 1.00 bits per heavy atom. The van der Waals surface area contributed by atoms with E-state index in [4.69, 9.17) is 4.74 Å². The second-order valence-electron chi connectivity index (χ2n) is 6.44. The van der Waals surface area contributed by atoms with Gasteiger partial charge in [0, 0.05) is 13.1 Å². The van der Waals surface area contributed by atoms with Gasteiger partial charge in [0.05, 0.1) is 12.0 Å². The summed E-state index contributed by atoms with van der Waals surface area (Å²) in [6.07, 6.45) is -3.55. The molecule has 2 aromatic rings. The zero-order chi connectivity index (χ0) is 20.4. The lowest BCUT2D eigenvalue weighted by Gasteiger charge is -2.32. The van der Waals surface area contributed by atoms with Crippen LogP contribution in [0.2, 0.25) is 0 Å². The van der Waals surface area contributed by atoms with Gasteiger partial charge in [0.15, 0.2) is 0 Å². The van der Waals surface area contributed by atoms with E-state index < -0.39 is 22.1 Å². The van der Waals surface area contributed by atoms with E-state index in [1.165, 1.54) is 4.31 Å². The Morgan fingerprint density at radius 2 is 1.61 bits per heavy atom. The summed E-state index contributed by atoms with van der Waals surface area (Å²) >= 11 is 0. The largest absolute Gasteiger partial charge is 0.573 e. The lowest BCUT2D eigenvalue weighted by molar-refractivity contribution is -0.274. The van der Waals surface area contributed by atoms with E-state index in [0.717, 1.165) is 35.6 Å². The molecular formula is C19H20F3NO4S. The fourth-order valence-electron chi connectivity index (χ4n) is 3.37. The molecule has 0 N–H and O–H groups in total. The van der Waals surface area contributed by atoms with Crippen LogP contribution in [0, 0.1) is 0 Å². The Kier molecular flexibility index (Phi) is 5.85. The predicted molar refractivity (Wildman–Crippen MR) is 96.9 cm³/mol. The van der Waals surface area contributed by atoms with Crippen LogP contribution in [0.15, 0.2) is 53.4 Å². The standard InChI is InChI=1S/C19H20F3NO4S/c1-26-18-5-3-2-4-17(18)14-10-12-23(13-11-14)28(24,25)16-8-6-15(7-9-16)27-19(20,21)22/h2-9,14H,10-13H2,1H3. The van der Waals surface area contributed by atoms with Gasteiger partial charge in [-0.3, -0.25) is 0 Å². The van der Waals surface area contributed by atoms with E-state index in [0.29, 0.717) is 25.9 Å². The number of methoxy groups -OCH3 is 1. The summed E-state index contributed by atoms with van der Waals surface area (Å²) in [5, 5.41) is 0. The minimum Gasteiger partial charge on any atom is -0.496 e. The van der Waals surface area contributed by atoms with Crippen LogP contribution in [0.25, 0.3) is 0 Å². The molecule has 0 spiro atoms. The summed E-state index contributed by atoms with van der Waals surface area (Å²) in [6.45, 7) is 0.650. The average molecular weight is 415 g/mol. The third-order valence-electron chi connectivity index (χ3n) is 4.73. The average Bonchev–Trinajstić information content (AvgIpc) is 2.67. The molecule has 28 heavy (non-hydrogen) atoms. The van der Waals surface area contributed by atoms with Gasteiger partial charge in [-0.05, 0) is 54.7 Å². The Bertz CT molecular complexity index is 906. The van der Waals surface area contributed by atoms with Gasteiger partial charge in [-0.2, -0.15) is 4.31 Å². The first-order valence-corrected chi connectivity index (χ1v) is 10.1. The van der Waals surface area contributed by atoms with Crippen LogP contribution in [0.5, 0.6) is 11.5 Å². The van der Waals surface area contributed by atoms with Crippen LogP contribution in [-0.4, -0.2) is 39.3 Å². The van der Waals surface area contributed by atoms with Gasteiger partial charge in [-0.1, -0.05) is 18.2 Å². The molecule has 152 valence electrons. The number of para-hydroxylation sites is 1. The number of halogens is 3. The zero-order valence-corrected chi connectivity index (χ0v) is 16.0. The van der Waals surface area contributed by atoms with Crippen molar-refractivity contribution in [2.45, 2.75) is 30.0 Å². The SMILES string of the molecule is COc1ccccc1C1CCN(S(=O)(=O)c2ccc(OC(F)(F)F)cc2)CC1. The first-order valence-electron chi connectivity index (χ1n) is 8.69. The molecule has 0 aliphatic carbocycles. The van der Waals surface area contributed by atoms with Crippen molar-refractivity contribution in [1.29, 1.82) is 0 Å². The third-order valence-corrected chi connectivity index (χ3v) is 6.64. The Hall–Kier alpha value is -2.26. The van der Waals surface area contributed by atoms with Crippen molar-refractivity contribution in [1.82, 2.24) is 4.31 Å². The molecule has 1 aliphatic rings. The van der Waals surface area contributed by atoms with Crippen molar-refractivity contribution < 1.29 is 31.1 Å². The van der Waals surface area contributed by atoms with Crippen molar-refractivity contribution in [3.63, 3.8) is 0 Å². The maximum Gasteiger partial charge on any atom is 0.573 e. The van der Waals surface area contributed by atoms with Crippen molar-refractivity contribution in [2.24, 2.45) is 0 Å². The highest BCUT2D eigenvalue weighted by molar-refractivity contribution is 7.89. The van der Waals surface area contributed by atoms with Crippen LogP contribution in [-0.2, 0) is 10.0 Å². The molecule has 0 aromatic heterocycles. The fourth-order valence-corrected chi connectivity index (χ4v) is 4.84. The normalized spacial score (nSPS) is 16.7. The van der Waals surface area contributed by atoms with Gasteiger partial charge in [-0.15, -0.1) is 13.2 Å². The molecule has 1 heterocycles. The number of hydrogen-bond acceptors (Lipinski definition) is 4. The van der Waals surface area contributed by atoms with Crippen molar-refractivity contribution in [2.75, 3.05) is 20.2 Å². The number of rotatable bonds is 5. The van der Waals surface area contributed by atoms with E-state index in [-0.39, 0.29) is 10.8 Å². The highest BCUT2D eigenvalue weighted by Crippen LogP contribution is 2.35. The summed E-state index contributed by atoms with van der Waals surface area (Å²) in [4.78, 5) is -0.0576. The van der Waals surface area contributed by atoms with Crippen molar-refractivity contribution >= 4 is 10.0 Å². The van der Waals surface area contributed by atoms with Gasteiger partial charge in [0.2, 0.25) is 10.0 Å². The Labute approximate surface area is 161 Å². The molecule has 1 aliphatic heterocycles. The number of ether oxygens (including phenoxy) is 2. The first kappa shape index (κ1) is 20.5. The molecule has 0 amide bonds. The Morgan fingerprint density at radius 3 is 2.18 bits per heavy atom. The van der Waals surface area contributed by atoms with Crippen molar-refractivity contribution in [3.05, 3.63) is 54.1 Å². The summed E-state index contributed by atoms with van der Waals surface area (Å²) in [7, 11) is -2.18. The van der Waals surface area contributed by atoms with E-state index >= 15 is 0 Å².